The second-order valence-electron chi connectivity index (χ2n) is 7.25. The Morgan fingerprint density at radius 2 is 1.76 bits per heavy atom. The van der Waals surface area contributed by atoms with Crippen molar-refractivity contribution in [1.29, 1.82) is 0 Å². The highest BCUT2D eigenvalue weighted by Crippen LogP contribution is 2.34. The Kier molecular flexibility index (Phi) is 6.40. The molecular formula is C20H18F5N6OP. The van der Waals surface area contributed by atoms with Gasteiger partial charge in [0.1, 0.15) is 28.7 Å². The van der Waals surface area contributed by atoms with Gasteiger partial charge >= 0.3 is 6.18 Å². The summed E-state index contributed by atoms with van der Waals surface area (Å²) in [5, 5.41) is 5.96. The van der Waals surface area contributed by atoms with Crippen LogP contribution in [0.3, 0.4) is 0 Å². The van der Waals surface area contributed by atoms with Crippen LogP contribution in [0.4, 0.5) is 39.3 Å². The SMILES string of the molecule is FC(F)(F)c1cc(Nc2cc(NC3CCOC3)nc(-c3cccc(C(F)(F)P)n3)n2)ccn1. The fourth-order valence-electron chi connectivity index (χ4n) is 3.11. The van der Waals surface area contributed by atoms with Crippen molar-refractivity contribution >= 4 is 26.6 Å². The molecule has 2 unspecified atom stereocenters. The van der Waals surface area contributed by atoms with E-state index in [1.54, 1.807) is 0 Å². The van der Waals surface area contributed by atoms with Crippen molar-refractivity contribution in [2.75, 3.05) is 23.8 Å². The number of rotatable bonds is 6. The van der Waals surface area contributed by atoms with Gasteiger partial charge < -0.3 is 15.4 Å². The quantitative estimate of drug-likeness (QED) is 0.383. The predicted octanol–water partition coefficient (Wildman–Crippen LogP) is 4.82. The van der Waals surface area contributed by atoms with E-state index in [9.17, 15) is 22.0 Å². The van der Waals surface area contributed by atoms with Gasteiger partial charge in [0.05, 0.1) is 12.6 Å². The van der Waals surface area contributed by atoms with Crippen LogP contribution in [0.15, 0.2) is 42.6 Å². The van der Waals surface area contributed by atoms with Crippen LogP contribution < -0.4 is 10.6 Å². The van der Waals surface area contributed by atoms with Gasteiger partial charge in [-0.3, -0.25) is 4.98 Å². The first-order valence-corrected chi connectivity index (χ1v) is 10.3. The Hall–Kier alpha value is -2.98. The molecule has 0 radical (unpaired) electrons. The molecule has 174 valence electrons. The molecule has 2 atom stereocenters. The molecule has 1 saturated heterocycles. The summed E-state index contributed by atoms with van der Waals surface area (Å²) in [6, 6.07) is 7.70. The van der Waals surface area contributed by atoms with E-state index >= 15 is 0 Å². The number of nitrogens with one attached hydrogen (secondary N) is 2. The standard InChI is InChI=1S/C20H18F5N6OP/c21-19(22,23)15-8-11(4-6-26-15)27-16-9-17(28-12-5-7-32-10-12)31-18(30-16)13-2-1-3-14(29-13)20(24,25)33/h1-4,6,8-9,12H,5,7,10,33H2,(H2,26,27,28,30,31). The van der Waals surface area contributed by atoms with Crippen LogP contribution >= 0.6 is 9.24 Å². The normalized spacial score (nSPS) is 16.6. The topological polar surface area (TPSA) is 84.9 Å². The van der Waals surface area contributed by atoms with Gasteiger partial charge in [0.2, 0.25) is 0 Å². The summed E-state index contributed by atoms with van der Waals surface area (Å²) in [6.45, 7) is 1.03. The minimum absolute atomic E-state index is 0.0163. The third-order valence-corrected chi connectivity index (χ3v) is 4.95. The molecule has 1 fully saturated rings. The number of anilines is 3. The molecule has 3 aromatic heterocycles. The van der Waals surface area contributed by atoms with Gasteiger partial charge in [-0.05, 0) is 30.7 Å². The molecule has 4 heterocycles. The predicted molar refractivity (Wildman–Crippen MR) is 114 cm³/mol. The van der Waals surface area contributed by atoms with Crippen LogP contribution in [-0.4, -0.2) is 39.2 Å². The first kappa shape index (κ1) is 23.2. The number of hydrogen-bond donors (Lipinski definition) is 2. The Morgan fingerprint density at radius 1 is 0.970 bits per heavy atom. The first-order chi connectivity index (χ1) is 15.6. The average Bonchev–Trinajstić information content (AvgIpc) is 3.26. The maximum Gasteiger partial charge on any atom is 0.433 e. The summed E-state index contributed by atoms with van der Waals surface area (Å²) in [5.74, 6) is 0.501. The average molecular weight is 484 g/mol. The van der Waals surface area contributed by atoms with Gasteiger partial charge in [0.25, 0.3) is 5.66 Å². The van der Waals surface area contributed by atoms with Crippen molar-refractivity contribution in [3.63, 3.8) is 0 Å². The third kappa shape index (κ3) is 5.88. The highest BCUT2D eigenvalue weighted by molar-refractivity contribution is 7.17. The molecule has 0 spiro atoms. The van der Waals surface area contributed by atoms with Gasteiger partial charge in [-0.1, -0.05) is 15.3 Å². The van der Waals surface area contributed by atoms with Crippen LogP contribution in [0.1, 0.15) is 17.8 Å². The van der Waals surface area contributed by atoms with E-state index in [0.717, 1.165) is 18.7 Å². The monoisotopic (exact) mass is 484 g/mol. The van der Waals surface area contributed by atoms with Gasteiger partial charge in [0, 0.05) is 24.6 Å². The van der Waals surface area contributed by atoms with Crippen LogP contribution in [-0.2, 0) is 16.6 Å². The van der Waals surface area contributed by atoms with E-state index in [2.05, 4.69) is 30.6 Å². The zero-order chi connectivity index (χ0) is 23.6. The first-order valence-electron chi connectivity index (χ1n) is 9.76. The van der Waals surface area contributed by atoms with E-state index in [4.69, 9.17) is 4.74 Å². The summed E-state index contributed by atoms with van der Waals surface area (Å²) >= 11 is 0. The molecule has 4 rings (SSSR count). The Morgan fingerprint density at radius 3 is 2.45 bits per heavy atom. The van der Waals surface area contributed by atoms with E-state index in [0.29, 0.717) is 19.0 Å². The van der Waals surface area contributed by atoms with Crippen molar-refractivity contribution in [2.45, 2.75) is 24.3 Å². The highest BCUT2D eigenvalue weighted by Gasteiger charge is 2.32. The molecule has 7 nitrogen and oxygen atoms in total. The molecular weight excluding hydrogens is 466 g/mol. The lowest BCUT2D eigenvalue weighted by Gasteiger charge is -2.15. The largest absolute Gasteiger partial charge is 0.433 e. The molecule has 2 N–H and O–H groups in total. The highest BCUT2D eigenvalue weighted by atomic mass is 31.0. The number of alkyl halides is 5. The number of nitrogens with zero attached hydrogens (tertiary/aromatic N) is 4. The number of halogens is 5. The van der Waals surface area contributed by atoms with E-state index < -0.39 is 23.2 Å². The number of aromatic nitrogens is 4. The fourth-order valence-corrected chi connectivity index (χ4v) is 3.27. The maximum absolute atomic E-state index is 13.7. The minimum atomic E-state index is -4.61. The third-order valence-electron chi connectivity index (χ3n) is 4.65. The molecule has 33 heavy (non-hydrogen) atoms. The summed E-state index contributed by atoms with van der Waals surface area (Å²) < 4.78 is 71.8. The molecule has 0 saturated carbocycles. The van der Waals surface area contributed by atoms with Crippen LogP contribution in [0, 0.1) is 0 Å². The summed E-state index contributed by atoms with van der Waals surface area (Å²) in [4.78, 5) is 15.9. The summed E-state index contributed by atoms with van der Waals surface area (Å²) in [6.07, 6.45) is -2.86. The Balaban J connectivity index is 1.71. The molecule has 0 aromatic carbocycles. The fraction of sp³-hybridized carbons (Fsp3) is 0.300. The Bertz CT molecular complexity index is 1130. The van der Waals surface area contributed by atoms with Crippen LogP contribution in [0.25, 0.3) is 11.5 Å². The number of pyridine rings is 2. The van der Waals surface area contributed by atoms with Gasteiger partial charge in [0.15, 0.2) is 5.82 Å². The van der Waals surface area contributed by atoms with Crippen LogP contribution in [0.5, 0.6) is 0 Å². The lowest BCUT2D eigenvalue weighted by Crippen LogP contribution is -2.20. The second kappa shape index (κ2) is 9.11. The number of ether oxygens (including phenoxy) is 1. The molecule has 13 heteroatoms. The molecule has 1 aliphatic rings. The van der Waals surface area contributed by atoms with Crippen molar-refractivity contribution in [1.82, 2.24) is 19.9 Å². The second-order valence-corrected chi connectivity index (χ2v) is 7.98. The zero-order valence-electron chi connectivity index (χ0n) is 16.9. The van der Waals surface area contributed by atoms with E-state index in [1.165, 1.54) is 39.6 Å². The maximum atomic E-state index is 13.7. The molecule has 0 aliphatic carbocycles. The lowest BCUT2D eigenvalue weighted by molar-refractivity contribution is -0.141. The van der Waals surface area contributed by atoms with E-state index in [-0.39, 0.29) is 29.1 Å². The van der Waals surface area contributed by atoms with E-state index in [1.807, 2.05) is 0 Å². The molecule has 0 bridgehead atoms. The molecule has 0 amide bonds. The lowest BCUT2D eigenvalue weighted by atomic mass is 10.2. The molecule has 3 aromatic rings. The van der Waals surface area contributed by atoms with Crippen molar-refractivity contribution in [3.8, 4) is 11.5 Å². The van der Waals surface area contributed by atoms with Gasteiger partial charge in [-0.2, -0.15) is 22.0 Å². The van der Waals surface area contributed by atoms with Crippen molar-refractivity contribution < 1.29 is 26.7 Å². The van der Waals surface area contributed by atoms with Crippen molar-refractivity contribution in [3.05, 3.63) is 54.0 Å². The molecule has 1 aliphatic heterocycles. The minimum Gasteiger partial charge on any atom is -0.379 e. The Labute approximate surface area is 187 Å². The van der Waals surface area contributed by atoms with Gasteiger partial charge in [-0.25, -0.2) is 15.0 Å². The van der Waals surface area contributed by atoms with Crippen LogP contribution in [0.2, 0.25) is 0 Å². The summed E-state index contributed by atoms with van der Waals surface area (Å²) in [5.41, 5.74) is -4.64. The van der Waals surface area contributed by atoms with Gasteiger partial charge in [-0.15, -0.1) is 0 Å². The zero-order valence-corrected chi connectivity index (χ0v) is 18.1. The van der Waals surface area contributed by atoms with Crippen molar-refractivity contribution in [2.24, 2.45) is 0 Å². The smallest absolute Gasteiger partial charge is 0.379 e. The number of hydrogen-bond acceptors (Lipinski definition) is 7. The summed E-state index contributed by atoms with van der Waals surface area (Å²) in [7, 11) is 1.42.